The molecule has 3 aromatic rings. The van der Waals surface area contributed by atoms with Crippen LogP contribution in [0.25, 0.3) is 10.9 Å². The van der Waals surface area contributed by atoms with E-state index in [2.05, 4.69) is 4.98 Å². The monoisotopic (exact) mass is 378 g/mol. The van der Waals surface area contributed by atoms with E-state index in [1.54, 1.807) is 36.4 Å². The van der Waals surface area contributed by atoms with Crippen LogP contribution >= 0.6 is 11.6 Å². The molecule has 1 aromatic carbocycles. The molecule has 2 heterocycles. The second-order valence-electron chi connectivity index (χ2n) is 5.52. The molecule has 8 heteroatoms. The van der Waals surface area contributed by atoms with Crippen LogP contribution in [0.3, 0.4) is 0 Å². The molecule has 130 valence electrons. The predicted octanol–water partition coefficient (Wildman–Crippen LogP) is 3.33. The molecule has 0 amide bonds. The lowest BCUT2D eigenvalue weighted by Crippen LogP contribution is -2.17. The number of pyridine rings is 1. The maximum Gasteiger partial charge on any atom is 0.303 e. The first kappa shape index (κ1) is 17.4. The van der Waals surface area contributed by atoms with Crippen molar-refractivity contribution >= 4 is 38.5 Å². The van der Waals surface area contributed by atoms with Gasteiger partial charge in [-0.3, -0.25) is 4.79 Å². The summed E-state index contributed by atoms with van der Waals surface area (Å²) in [6.45, 7) is 0. The number of halogens is 1. The molecule has 0 spiro atoms. The fourth-order valence-corrected chi connectivity index (χ4v) is 4.38. The summed E-state index contributed by atoms with van der Waals surface area (Å²) < 4.78 is 27.4. The van der Waals surface area contributed by atoms with Gasteiger partial charge in [0.05, 0.1) is 5.52 Å². The zero-order chi connectivity index (χ0) is 18.0. The Hall–Kier alpha value is -2.38. The quantitative estimate of drug-likeness (QED) is 0.710. The summed E-state index contributed by atoms with van der Waals surface area (Å²) >= 11 is 6.01. The largest absolute Gasteiger partial charge is 0.481 e. The Morgan fingerprint density at radius 1 is 1.20 bits per heavy atom. The SMILES string of the molecule is O=C(O)CCCc1cc2cc(Cl)ccc2n1S(=O)(=O)c1ccccn1. The van der Waals surface area contributed by atoms with Gasteiger partial charge < -0.3 is 5.11 Å². The number of carboxylic acids is 1. The summed E-state index contributed by atoms with van der Waals surface area (Å²) in [5.41, 5.74) is 0.990. The lowest BCUT2D eigenvalue weighted by molar-refractivity contribution is -0.137. The van der Waals surface area contributed by atoms with Crippen molar-refractivity contribution in [1.29, 1.82) is 0 Å². The van der Waals surface area contributed by atoms with Gasteiger partial charge in [0.2, 0.25) is 0 Å². The van der Waals surface area contributed by atoms with Crippen LogP contribution < -0.4 is 0 Å². The van der Waals surface area contributed by atoms with Crippen molar-refractivity contribution in [3.63, 3.8) is 0 Å². The molecule has 0 atom stereocenters. The lowest BCUT2D eigenvalue weighted by atomic mass is 10.2. The molecule has 3 rings (SSSR count). The van der Waals surface area contributed by atoms with Gasteiger partial charge in [0.1, 0.15) is 0 Å². The van der Waals surface area contributed by atoms with Crippen LogP contribution in [0.2, 0.25) is 5.02 Å². The third-order valence-corrected chi connectivity index (χ3v) is 5.67. The zero-order valence-corrected chi connectivity index (χ0v) is 14.7. The number of benzene rings is 1. The van der Waals surface area contributed by atoms with E-state index in [1.165, 1.54) is 16.2 Å². The lowest BCUT2D eigenvalue weighted by Gasteiger charge is -2.11. The van der Waals surface area contributed by atoms with E-state index in [1.807, 2.05) is 0 Å². The van der Waals surface area contributed by atoms with Crippen molar-refractivity contribution in [3.05, 3.63) is 59.4 Å². The van der Waals surface area contributed by atoms with Gasteiger partial charge in [0, 0.05) is 28.7 Å². The Labute approximate surface area is 149 Å². The van der Waals surface area contributed by atoms with Crippen LogP contribution in [0.4, 0.5) is 0 Å². The smallest absolute Gasteiger partial charge is 0.303 e. The maximum absolute atomic E-state index is 13.1. The minimum atomic E-state index is -3.90. The number of carboxylic acid groups (broad SMARTS) is 1. The van der Waals surface area contributed by atoms with Crippen molar-refractivity contribution in [2.24, 2.45) is 0 Å². The molecule has 1 N–H and O–H groups in total. The highest BCUT2D eigenvalue weighted by Crippen LogP contribution is 2.28. The van der Waals surface area contributed by atoms with Crippen molar-refractivity contribution in [1.82, 2.24) is 8.96 Å². The van der Waals surface area contributed by atoms with E-state index in [9.17, 15) is 13.2 Å². The third-order valence-electron chi connectivity index (χ3n) is 3.76. The fourth-order valence-electron chi connectivity index (χ4n) is 2.69. The van der Waals surface area contributed by atoms with Crippen LogP contribution in [0, 0.1) is 0 Å². The van der Waals surface area contributed by atoms with Crippen LogP contribution in [-0.4, -0.2) is 28.5 Å². The summed E-state index contributed by atoms with van der Waals surface area (Å²) in [5.74, 6) is -0.918. The van der Waals surface area contributed by atoms with E-state index in [0.29, 0.717) is 34.5 Å². The van der Waals surface area contributed by atoms with Crippen LogP contribution in [-0.2, 0) is 21.2 Å². The standard InChI is InChI=1S/C17H15ClN2O4S/c18-13-7-8-15-12(10-13)11-14(4-3-6-17(21)22)20(15)25(23,24)16-5-1-2-9-19-16/h1-2,5,7-11H,3-4,6H2,(H,21,22). The van der Waals surface area contributed by atoms with Crippen molar-refractivity contribution < 1.29 is 18.3 Å². The molecule has 0 saturated carbocycles. The Balaban J connectivity index is 2.15. The van der Waals surface area contributed by atoms with Crippen LogP contribution in [0.1, 0.15) is 18.5 Å². The zero-order valence-electron chi connectivity index (χ0n) is 13.1. The minimum absolute atomic E-state index is 0.0358. The van der Waals surface area contributed by atoms with Crippen LogP contribution in [0.15, 0.2) is 53.7 Å². The summed E-state index contributed by atoms with van der Waals surface area (Å²) in [4.78, 5) is 14.7. The van der Waals surface area contributed by atoms with E-state index >= 15 is 0 Å². The fraction of sp³-hybridized carbons (Fsp3) is 0.176. The molecule has 6 nitrogen and oxygen atoms in total. The van der Waals surface area contributed by atoms with Crippen LogP contribution in [0.5, 0.6) is 0 Å². The second kappa shape index (κ2) is 6.85. The van der Waals surface area contributed by atoms with Gasteiger partial charge in [0.15, 0.2) is 5.03 Å². The molecule has 0 aliphatic heterocycles. The molecule has 0 aliphatic carbocycles. The van der Waals surface area contributed by atoms with Gasteiger partial charge in [-0.1, -0.05) is 17.7 Å². The Bertz CT molecular complexity index is 1030. The predicted molar refractivity (Wildman–Crippen MR) is 94.3 cm³/mol. The maximum atomic E-state index is 13.1. The molecular weight excluding hydrogens is 364 g/mol. The Morgan fingerprint density at radius 2 is 2.00 bits per heavy atom. The highest BCUT2D eigenvalue weighted by atomic mass is 35.5. The highest BCUT2D eigenvalue weighted by molar-refractivity contribution is 7.90. The average Bonchev–Trinajstić information content (AvgIpc) is 2.93. The molecule has 2 aromatic heterocycles. The molecule has 0 unspecified atom stereocenters. The normalized spacial score (nSPS) is 11.7. The van der Waals surface area contributed by atoms with Crippen molar-refractivity contribution in [2.75, 3.05) is 0 Å². The number of aryl methyl sites for hydroxylation is 1. The van der Waals surface area contributed by atoms with Gasteiger partial charge in [-0.2, -0.15) is 8.42 Å². The molecule has 0 saturated heterocycles. The topological polar surface area (TPSA) is 89.3 Å². The average molecular weight is 379 g/mol. The van der Waals surface area contributed by atoms with Gasteiger partial charge >= 0.3 is 5.97 Å². The number of rotatable bonds is 6. The first-order chi connectivity index (χ1) is 11.9. The Morgan fingerprint density at radius 3 is 2.68 bits per heavy atom. The van der Waals surface area contributed by atoms with Gasteiger partial charge in [-0.05, 0) is 49.2 Å². The summed E-state index contributed by atoms with van der Waals surface area (Å²) in [5, 5.41) is 9.93. The van der Waals surface area contributed by atoms with E-state index < -0.39 is 16.0 Å². The van der Waals surface area contributed by atoms with E-state index in [0.717, 1.165) is 0 Å². The number of carbonyl (C=O) groups is 1. The summed E-state index contributed by atoms with van der Waals surface area (Å²) in [6.07, 6.45) is 2.02. The first-order valence-corrected chi connectivity index (χ1v) is 9.39. The number of hydrogen-bond donors (Lipinski definition) is 1. The summed E-state index contributed by atoms with van der Waals surface area (Å²) in [7, 11) is -3.90. The number of nitrogens with zero attached hydrogens (tertiary/aromatic N) is 2. The second-order valence-corrected chi connectivity index (χ2v) is 7.69. The molecule has 0 fully saturated rings. The number of fused-ring (bicyclic) bond motifs is 1. The molecule has 0 aliphatic rings. The molecule has 25 heavy (non-hydrogen) atoms. The minimum Gasteiger partial charge on any atom is -0.481 e. The molecule has 0 radical (unpaired) electrons. The number of aromatic nitrogens is 2. The van der Waals surface area contributed by atoms with E-state index in [-0.39, 0.29) is 11.4 Å². The highest BCUT2D eigenvalue weighted by Gasteiger charge is 2.24. The number of aliphatic carboxylic acids is 1. The first-order valence-electron chi connectivity index (χ1n) is 7.58. The molecule has 0 bridgehead atoms. The van der Waals surface area contributed by atoms with Gasteiger partial charge in [-0.15, -0.1) is 0 Å². The molecular formula is C17H15ClN2O4S. The number of hydrogen-bond acceptors (Lipinski definition) is 4. The van der Waals surface area contributed by atoms with Crippen molar-refractivity contribution in [2.45, 2.75) is 24.3 Å². The van der Waals surface area contributed by atoms with Crippen molar-refractivity contribution in [3.8, 4) is 0 Å². The van der Waals surface area contributed by atoms with Gasteiger partial charge in [0.25, 0.3) is 10.0 Å². The summed E-state index contributed by atoms with van der Waals surface area (Å²) in [6, 6.07) is 11.3. The Kier molecular flexibility index (Phi) is 4.78. The van der Waals surface area contributed by atoms with Gasteiger partial charge in [-0.25, -0.2) is 8.96 Å². The third kappa shape index (κ3) is 3.52. The van der Waals surface area contributed by atoms with E-state index in [4.69, 9.17) is 16.7 Å².